The van der Waals surface area contributed by atoms with Crippen molar-refractivity contribution >= 4 is 70.6 Å². The summed E-state index contributed by atoms with van der Waals surface area (Å²) >= 11 is 0. The van der Waals surface area contributed by atoms with E-state index in [-0.39, 0.29) is 5.56 Å². The molecule has 52 heavy (non-hydrogen) atoms. The van der Waals surface area contributed by atoms with Crippen molar-refractivity contribution in [3.63, 3.8) is 0 Å². The third-order valence-corrected chi connectivity index (χ3v) is 10.7. The molecular formula is C44H29NO7. The number of carbonyl (C=O) groups is 1. The Hall–Kier alpha value is -6.77. The summed E-state index contributed by atoms with van der Waals surface area (Å²) in [4.78, 5) is 18.9. The number of hydrogen-bond acceptors (Lipinski definition) is 7. The molecule has 0 aliphatic heterocycles. The molecule has 0 bridgehead atoms. The largest absolute Gasteiger partial charge is 0.497 e. The molecular weight excluding hydrogens is 654 g/mol. The fraction of sp³-hybridized carbons (Fsp3) is 0.0682. The first-order chi connectivity index (χ1) is 25.3. The number of aromatic hydroxyl groups is 2. The molecule has 1 unspecified atom stereocenters. The highest BCUT2D eigenvalue weighted by molar-refractivity contribution is 6.44. The Balaban J connectivity index is 1.31. The van der Waals surface area contributed by atoms with Crippen molar-refractivity contribution in [3.8, 4) is 23.3 Å². The third kappa shape index (κ3) is 3.92. The standard InChI is InChI=1S/C44H29NO7/c1-50-30-15-17-32(34(22-30)51-2)44(49,29-5-3-4-28(20-29)43(48)52-45-35(46)18-19-36(45)47)33-21-27-13-12-25-9-7-23-6-8-24-10-11-26-14-16-31(33)42-40(26)38(24)37(23)39(25)41(27)42/h3-22,46-47,49H,1-2H3. The van der Waals surface area contributed by atoms with E-state index in [0.717, 1.165) is 43.1 Å². The zero-order valence-electron chi connectivity index (χ0n) is 28.0. The van der Waals surface area contributed by atoms with E-state index < -0.39 is 23.3 Å². The van der Waals surface area contributed by atoms with Gasteiger partial charge in [0.25, 0.3) is 0 Å². The van der Waals surface area contributed by atoms with Gasteiger partial charge >= 0.3 is 5.97 Å². The highest BCUT2D eigenvalue weighted by Crippen LogP contribution is 2.52. The van der Waals surface area contributed by atoms with Crippen LogP contribution < -0.4 is 14.3 Å². The van der Waals surface area contributed by atoms with Crippen LogP contribution in [0.3, 0.4) is 0 Å². The zero-order chi connectivity index (χ0) is 35.5. The topological polar surface area (TPSA) is 110 Å². The third-order valence-electron chi connectivity index (χ3n) is 10.7. The predicted octanol–water partition coefficient (Wildman–Crippen LogP) is 8.70. The summed E-state index contributed by atoms with van der Waals surface area (Å²) in [5.41, 5.74) is -0.419. The van der Waals surface area contributed by atoms with E-state index in [4.69, 9.17) is 14.3 Å². The van der Waals surface area contributed by atoms with E-state index in [1.54, 1.807) is 49.6 Å². The van der Waals surface area contributed by atoms with Gasteiger partial charge in [-0.05, 0) is 101 Å². The normalized spacial score (nSPS) is 13.3. The SMILES string of the molecule is COc1ccc(C(O)(c2cccc(C(=O)On3c(O)ccc3O)c2)c2cc3ccc4ccc5ccc6ccc7ccc2c2c7c6c5c4c32)c(OC)c1. The summed E-state index contributed by atoms with van der Waals surface area (Å²) in [6.45, 7) is 0. The van der Waals surface area contributed by atoms with E-state index in [0.29, 0.717) is 32.9 Å². The molecule has 1 atom stereocenters. The van der Waals surface area contributed by atoms with Crippen molar-refractivity contribution in [2.45, 2.75) is 5.60 Å². The Labute approximate surface area is 295 Å². The number of hydrogen-bond donors (Lipinski definition) is 3. The molecule has 9 aromatic carbocycles. The van der Waals surface area contributed by atoms with Crippen molar-refractivity contribution < 1.29 is 34.4 Å². The minimum Gasteiger partial charge on any atom is -0.497 e. The minimum atomic E-state index is -1.89. The van der Waals surface area contributed by atoms with Crippen molar-refractivity contribution in [3.05, 3.63) is 144 Å². The summed E-state index contributed by atoms with van der Waals surface area (Å²) in [6.07, 6.45) is 0. The Bertz CT molecular complexity index is 2960. The van der Waals surface area contributed by atoms with Gasteiger partial charge in [0.2, 0.25) is 11.8 Å². The first-order valence-corrected chi connectivity index (χ1v) is 16.8. The summed E-state index contributed by atoms with van der Waals surface area (Å²) < 4.78 is 12.1. The second kappa shape index (κ2) is 10.6. The maximum Gasteiger partial charge on any atom is 0.363 e. The van der Waals surface area contributed by atoms with Crippen LogP contribution in [0.5, 0.6) is 23.3 Å². The molecule has 0 aliphatic rings. The van der Waals surface area contributed by atoms with E-state index >= 15 is 0 Å². The summed E-state index contributed by atoms with van der Waals surface area (Å²) in [6, 6.07) is 37.7. The minimum absolute atomic E-state index is 0.0802. The molecule has 10 aromatic rings. The molecule has 0 spiro atoms. The lowest BCUT2D eigenvalue weighted by Crippen LogP contribution is -2.30. The molecule has 3 N–H and O–H groups in total. The Kier molecular flexibility index (Phi) is 6.14. The van der Waals surface area contributed by atoms with Crippen LogP contribution in [0.15, 0.2) is 121 Å². The summed E-state index contributed by atoms with van der Waals surface area (Å²) in [5, 5.41) is 47.2. The number of rotatable bonds is 7. The summed E-state index contributed by atoms with van der Waals surface area (Å²) in [7, 11) is 3.11. The first-order valence-electron chi connectivity index (χ1n) is 16.8. The lowest BCUT2D eigenvalue weighted by atomic mass is 9.74. The summed E-state index contributed by atoms with van der Waals surface area (Å²) in [5.74, 6) is -0.821. The van der Waals surface area contributed by atoms with Gasteiger partial charge in [-0.2, -0.15) is 0 Å². The van der Waals surface area contributed by atoms with Crippen LogP contribution in [0.1, 0.15) is 27.0 Å². The molecule has 10 rings (SSSR count). The second-order valence-corrected chi connectivity index (χ2v) is 13.2. The van der Waals surface area contributed by atoms with E-state index in [2.05, 4.69) is 60.7 Å². The average molecular weight is 684 g/mol. The Morgan fingerprint density at radius 1 is 0.577 bits per heavy atom. The van der Waals surface area contributed by atoms with Crippen LogP contribution in [0.25, 0.3) is 64.6 Å². The van der Waals surface area contributed by atoms with Gasteiger partial charge in [-0.15, -0.1) is 4.73 Å². The second-order valence-electron chi connectivity index (χ2n) is 13.2. The van der Waals surface area contributed by atoms with Crippen LogP contribution in [-0.4, -0.2) is 40.2 Å². The molecule has 1 heterocycles. The number of benzene rings is 9. The van der Waals surface area contributed by atoms with E-state index in [1.807, 2.05) is 6.07 Å². The molecule has 0 amide bonds. The number of aromatic nitrogens is 1. The number of ether oxygens (including phenoxy) is 2. The number of carbonyl (C=O) groups excluding carboxylic acids is 1. The van der Waals surface area contributed by atoms with Crippen molar-refractivity contribution in [2.24, 2.45) is 0 Å². The maximum absolute atomic E-state index is 13.6. The highest BCUT2D eigenvalue weighted by atomic mass is 16.7. The predicted molar refractivity (Wildman–Crippen MR) is 202 cm³/mol. The smallest absolute Gasteiger partial charge is 0.363 e. The average Bonchev–Trinajstić information content (AvgIpc) is 3.51. The molecule has 0 radical (unpaired) electrons. The van der Waals surface area contributed by atoms with Gasteiger partial charge in [0.05, 0.1) is 19.8 Å². The quantitative estimate of drug-likeness (QED) is 0.0876. The number of methoxy groups -OCH3 is 2. The number of aliphatic hydroxyl groups is 1. The van der Waals surface area contributed by atoms with Crippen LogP contribution >= 0.6 is 0 Å². The molecule has 252 valence electrons. The number of nitrogens with zero attached hydrogens (tertiary/aromatic N) is 1. The van der Waals surface area contributed by atoms with Gasteiger partial charge in [-0.25, -0.2) is 4.79 Å². The van der Waals surface area contributed by atoms with Gasteiger partial charge in [-0.1, -0.05) is 72.8 Å². The maximum atomic E-state index is 13.6. The van der Waals surface area contributed by atoms with Gasteiger partial charge < -0.3 is 29.6 Å². The van der Waals surface area contributed by atoms with Crippen LogP contribution in [0, 0.1) is 0 Å². The fourth-order valence-corrected chi connectivity index (χ4v) is 8.34. The van der Waals surface area contributed by atoms with Crippen molar-refractivity contribution in [2.75, 3.05) is 14.2 Å². The first kappa shape index (κ1) is 30.1. The van der Waals surface area contributed by atoms with Gasteiger partial charge in [0.1, 0.15) is 17.1 Å². The Morgan fingerprint density at radius 3 is 1.73 bits per heavy atom. The molecule has 1 aromatic heterocycles. The molecule has 8 nitrogen and oxygen atoms in total. The lowest BCUT2D eigenvalue weighted by molar-refractivity contribution is 0.0381. The van der Waals surface area contributed by atoms with Gasteiger partial charge in [-0.3, -0.25) is 0 Å². The van der Waals surface area contributed by atoms with Crippen LogP contribution in [0.4, 0.5) is 0 Å². The van der Waals surface area contributed by atoms with Crippen molar-refractivity contribution in [1.29, 1.82) is 0 Å². The molecule has 0 aliphatic carbocycles. The monoisotopic (exact) mass is 683 g/mol. The molecule has 0 saturated heterocycles. The Morgan fingerprint density at radius 2 is 1.13 bits per heavy atom. The van der Waals surface area contributed by atoms with Gasteiger partial charge in [0.15, 0.2) is 0 Å². The zero-order valence-corrected chi connectivity index (χ0v) is 28.0. The lowest BCUT2D eigenvalue weighted by Gasteiger charge is -2.34. The van der Waals surface area contributed by atoms with Crippen molar-refractivity contribution in [1.82, 2.24) is 4.73 Å². The molecule has 0 saturated carbocycles. The van der Waals surface area contributed by atoms with E-state index in [9.17, 15) is 20.1 Å². The molecule has 0 fully saturated rings. The van der Waals surface area contributed by atoms with Crippen LogP contribution in [-0.2, 0) is 5.60 Å². The van der Waals surface area contributed by atoms with Crippen LogP contribution in [0.2, 0.25) is 0 Å². The van der Waals surface area contributed by atoms with E-state index in [1.165, 1.54) is 40.8 Å². The van der Waals surface area contributed by atoms with Gasteiger partial charge in [0, 0.05) is 29.3 Å². The fourth-order valence-electron chi connectivity index (χ4n) is 8.34. The highest BCUT2D eigenvalue weighted by Gasteiger charge is 2.40. The molecule has 8 heteroatoms.